The average Bonchev–Trinajstić information content (AvgIpc) is 3.17. The molecular weight excluding hydrogens is 371 g/mol. The molecule has 0 radical (unpaired) electrons. The number of amides is 2. The van der Waals surface area contributed by atoms with E-state index in [2.05, 4.69) is 16.0 Å². The van der Waals surface area contributed by atoms with Crippen molar-refractivity contribution in [3.63, 3.8) is 0 Å². The lowest BCUT2D eigenvalue weighted by Crippen LogP contribution is -2.51. The van der Waals surface area contributed by atoms with Gasteiger partial charge in [0.05, 0.1) is 12.7 Å². The molecule has 0 unspecified atom stereocenters. The molecule has 0 saturated carbocycles. The Hall–Kier alpha value is -2.80. The van der Waals surface area contributed by atoms with E-state index in [-0.39, 0.29) is 17.6 Å². The maximum atomic E-state index is 13.2. The molecule has 0 atom stereocenters. The third-order valence-electron chi connectivity index (χ3n) is 5.66. The fraction of sp³-hybridized carbons (Fsp3) is 0.409. The summed E-state index contributed by atoms with van der Waals surface area (Å²) in [7, 11) is 0. The topological polar surface area (TPSA) is 56.8 Å². The molecule has 2 aliphatic heterocycles. The van der Waals surface area contributed by atoms with Crippen LogP contribution < -0.4 is 4.90 Å². The van der Waals surface area contributed by atoms with Gasteiger partial charge in [0.15, 0.2) is 0 Å². The van der Waals surface area contributed by atoms with Gasteiger partial charge < -0.3 is 9.80 Å². The number of hydrogen-bond acceptors (Lipinski definition) is 4. The lowest BCUT2D eigenvalue weighted by atomic mass is 10.1. The Morgan fingerprint density at radius 1 is 1.00 bits per heavy atom. The molecule has 7 heteroatoms. The van der Waals surface area contributed by atoms with Crippen LogP contribution in [0, 0.1) is 5.82 Å². The fourth-order valence-electron chi connectivity index (χ4n) is 4.03. The molecule has 4 rings (SSSR count). The number of hydrogen-bond donors (Lipinski definition) is 0. The van der Waals surface area contributed by atoms with Gasteiger partial charge >= 0.3 is 0 Å². The largest absolute Gasteiger partial charge is 0.340 e. The van der Waals surface area contributed by atoms with E-state index in [1.165, 1.54) is 11.6 Å². The number of para-hydroxylation sites is 1. The Morgan fingerprint density at radius 3 is 2.59 bits per heavy atom. The minimum absolute atomic E-state index is 0.0636. The predicted octanol–water partition coefficient (Wildman–Crippen LogP) is 1.89. The molecule has 2 aliphatic rings. The zero-order chi connectivity index (χ0) is 20.2. The van der Waals surface area contributed by atoms with Crippen molar-refractivity contribution in [2.45, 2.75) is 19.3 Å². The van der Waals surface area contributed by atoms with E-state index in [1.807, 2.05) is 28.0 Å². The number of aromatic nitrogens is 1. The Bertz CT molecular complexity index is 896. The van der Waals surface area contributed by atoms with Crippen molar-refractivity contribution in [2.24, 2.45) is 0 Å². The van der Waals surface area contributed by atoms with Crippen molar-refractivity contribution in [1.29, 1.82) is 0 Å². The molecule has 1 saturated heterocycles. The molecule has 2 amide bonds. The zero-order valence-corrected chi connectivity index (χ0v) is 16.4. The molecule has 3 heterocycles. The Kier molecular flexibility index (Phi) is 5.85. The summed E-state index contributed by atoms with van der Waals surface area (Å²) in [6.45, 7) is 3.73. The summed E-state index contributed by atoms with van der Waals surface area (Å²) in [6.07, 6.45) is 4.49. The van der Waals surface area contributed by atoms with Gasteiger partial charge in [0.1, 0.15) is 5.82 Å². The van der Waals surface area contributed by atoms with E-state index in [4.69, 9.17) is 0 Å². The summed E-state index contributed by atoms with van der Waals surface area (Å²) < 4.78 is 13.2. The molecule has 2 aromatic rings. The van der Waals surface area contributed by atoms with E-state index >= 15 is 0 Å². The van der Waals surface area contributed by atoms with Gasteiger partial charge in [-0.1, -0.05) is 18.2 Å². The number of nitrogens with zero attached hydrogens (tertiary/aromatic N) is 4. The number of carbonyl (C=O) groups is 2. The summed E-state index contributed by atoms with van der Waals surface area (Å²) in [4.78, 5) is 34.8. The van der Waals surface area contributed by atoms with E-state index in [0.29, 0.717) is 45.6 Å². The summed E-state index contributed by atoms with van der Waals surface area (Å²) >= 11 is 0. The molecule has 0 spiro atoms. The van der Waals surface area contributed by atoms with Crippen LogP contribution in [0.25, 0.3) is 0 Å². The first-order valence-electron chi connectivity index (χ1n) is 10.1. The number of carbonyl (C=O) groups excluding carboxylic acids is 2. The second-order valence-electron chi connectivity index (χ2n) is 7.59. The second kappa shape index (κ2) is 8.69. The molecule has 6 nitrogen and oxygen atoms in total. The molecule has 1 aromatic carbocycles. The van der Waals surface area contributed by atoms with E-state index in [1.54, 1.807) is 6.20 Å². The second-order valence-corrected chi connectivity index (χ2v) is 7.59. The first kappa shape index (κ1) is 19.5. The lowest BCUT2D eigenvalue weighted by Gasteiger charge is -2.35. The number of rotatable bonds is 5. The predicted molar refractivity (Wildman–Crippen MR) is 108 cm³/mol. The third kappa shape index (κ3) is 4.62. The van der Waals surface area contributed by atoms with Gasteiger partial charge in [0, 0.05) is 51.0 Å². The minimum atomic E-state index is -0.381. The van der Waals surface area contributed by atoms with Gasteiger partial charge in [0.25, 0.3) is 0 Å². The highest BCUT2D eigenvalue weighted by molar-refractivity contribution is 5.96. The normalized spacial score (nSPS) is 16.7. The van der Waals surface area contributed by atoms with Crippen molar-refractivity contribution in [1.82, 2.24) is 14.8 Å². The molecule has 0 bridgehead atoms. The van der Waals surface area contributed by atoms with Crippen LogP contribution in [0.15, 0.2) is 42.7 Å². The summed E-state index contributed by atoms with van der Waals surface area (Å²) in [6, 6.07) is 9.47. The number of piperazine rings is 1. The van der Waals surface area contributed by atoms with Crippen LogP contribution in [-0.2, 0) is 22.4 Å². The first-order valence-corrected chi connectivity index (χ1v) is 10.1. The van der Waals surface area contributed by atoms with E-state index in [0.717, 1.165) is 30.4 Å². The van der Waals surface area contributed by atoms with Gasteiger partial charge in [0.2, 0.25) is 11.8 Å². The zero-order valence-electron chi connectivity index (χ0n) is 16.4. The molecule has 152 valence electrons. The smallest absolute Gasteiger partial charge is 0.241 e. The number of benzene rings is 1. The molecule has 0 aliphatic carbocycles. The number of halogens is 1. The van der Waals surface area contributed by atoms with Crippen LogP contribution >= 0.6 is 0 Å². The van der Waals surface area contributed by atoms with Crippen molar-refractivity contribution in [3.8, 4) is 0 Å². The first-order chi connectivity index (χ1) is 14.1. The van der Waals surface area contributed by atoms with Crippen LogP contribution in [0.4, 0.5) is 10.1 Å². The summed E-state index contributed by atoms with van der Waals surface area (Å²) in [5, 5.41) is 0. The third-order valence-corrected chi connectivity index (χ3v) is 5.66. The van der Waals surface area contributed by atoms with Crippen molar-refractivity contribution >= 4 is 17.5 Å². The summed E-state index contributed by atoms with van der Waals surface area (Å²) in [5.41, 5.74) is 2.98. The van der Waals surface area contributed by atoms with Crippen LogP contribution in [0.3, 0.4) is 0 Å². The van der Waals surface area contributed by atoms with Crippen molar-refractivity contribution in [3.05, 3.63) is 59.7 Å². The van der Waals surface area contributed by atoms with Crippen LogP contribution in [-0.4, -0.2) is 65.9 Å². The number of fused-ring (bicyclic) bond motifs is 1. The monoisotopic (exact) mass is 396 g/mol. The van der Waals surface area contributed by atoms with E-state index in [9.17, 15) is 14.0 Å². The van der Waals surface area contributed by atoms with Crippen molar-refractivity contribution < 1.29 is 14.0 Å². The van der Waals surface area contributed by atoms with Crippen molar-refractivity contribution in [2.75, 3.05) is 44.2 Å². The molecule has 29 heavy (non-hydrogen) atoms. The number of pyridine rings is 1. The van der Waals surface area contributed by atoms with Gasteiger partial charge in [-0.3, -0.25) is 19.5 Å². The highest BCUT2D eigenvalue weighted by atomic mass is 19.1. The number of anilines is 1. The van der Waals surface area contributed by atoms with Crippen LogP contribution in [0.5, 0.6) is 0 Å². The summed E-state index contributed by atoms with van der Waals surface area (Å²) in [5.74, 6) is -0.198. The highest BCUT2D eigenvalue weighted by Gasteiger charge is 2.27. The highest BCUT2D eigenvalue weighted by Crippen LogP contribution is 2.27. The van der Waals surface area contributed by atoms with Gasteiger partial charge in [-0.05, 0) is 36.1 Å². The standard InChI is InChI=1S/C22H25FN4O2/c23-19-13-17(14-24-15-19)5-6-21(28)26-11-9-25(10-12-26)16-22(29)27-8-7-18-3-1-2-4-20(18)27/h1-4,13-15H,5-12,16H2. The molecular formula is C22H25FN4O2. The fourth-order valence-corrected chi connectivity index (χ4v) is 4.03. The average molecular weight is 396 g/mol. The number of aryl methyl sites for hydroxylation is 1. The Labute approximate surface area is 169 Å². The Balaban J connectivity index is 1.23. The molecule has 1 aromatic heterocycles. The maximum Gasteiger partial charge on any atom is 0.241 e. The van der Waals surface area contributed by atoms with Gasteiger partial charge in [-0.15, -0.1) is 0 Å². The molecule has 0 N–H and O–H groups in total. The van der Waals surface area contributed by atoms with Crippen LogP contribution in [0.2, 0.25) is 0 Å². The van der Waals surface area contributed by atoms with E-state index < -0.39 is 0 Å². The van der Waals surface area contributed by atoms with Gasteiger partial charge in [-0.25, -0.2) is 4.39 Å². The SMILES string of the molecule is O=C(CCc1cncc(F)c1)N1CCN(CC(=O)N2CCc3ccccc32)CC1. The molecule has 1 fully saturated rings. The Morgan fingerprint density at radius 2 is 1.79 bits per heavy atom. The van der Waals surface area contributed by atoms with Crippen LogP contribution in [0.1, 0.15) is 17.5 Å². The minimum Gasteiger partial charge on any atom is -0.340 e. The maximum absolute atomic E-state index is 13.2. The quantitative estimate of drug-likeness (QED) is 0.775. The van der Waals surface area contributed by atoms with Gasteiger partial charge in [-0.2, -0.15) is 0 Å². The lowest BCUT2D eigenvalue weighted by molar-refractivity contribution is -0.133.